The summed E-state index contributed by atoms with van der Waals surface area (Å²) in [6, 6.07) is 18.5. The summed E-state index contributed by atoms with van der Waals surface area (Å²) in [5, 5.41) is 11.4. The van der Waals surface area contributed by atoms with Gasteiger partial charge < -0.3 is 10.2 Å². The van der Waals surface area contributed by atoms with Gasteiger partial charge in [0.15, 0.2) is 0 Å². The molecular weight excluding hydrogens is 493 g/mol. The number of amides is 1. The smallest absolute Gasteiger partial charge is 0.361 e. The lowest BCUT2D eigenvalue weighted by Crippen LogP contribution is -2.17. The maximum Gasteiger partial charge on any atom is 0.433 e. The van der Waals surface area contributed by atoms with Gasteiger partial charge in [0.2, 0.25) is 0 Å². The van der Waals surface area contributed by atoms with Crippen molar-refractivity contribution in [1.29, 1.82) is 0 Å². The topological polar surface area (TPSA) is 82.8 Å². The summed E-state index contributed by atoms with van der Waals surface area (Å²) in [7, 11) is 1.94. The minimum absolute atomic E-state index is 0.186. The first-order chi connectivity index (χ1) is 18.3. The lowest BCUT2D eigenvalue weighted by molar-refractivity contribution is -0.141. The molecule has 2 heterocycles. The minimum Gasteiger partial charge on any atom is -0.361 e. The van der Waals surface area contributed by atoms with E-state index in [2.05, 4.69) is 25.5 Å². The van der Waals surface area contributed by atoms with Crippen LogP contribution in [0.25, 0.3) is 22.0 Å². The third-order valence-corrected chi connectivity index (χ3v) is 6.05. The third kappa shape index (κ3) is 6.03. The molecule has 1 aliphatic carbocycles. The van der Waals surface area contributed by atoms with E-state index in [1.165, 1.54) is 18.5 Å². The van der Waals surface area contributed by atoms with Gasteiger partial charge in [-0.1, -0.05) is 30.3 Å². The molecule has 5 rings (SSSR count). The summed E-state index contributed by atoms with van der Waals surface area (Å²) in [5.41, 5.74) is 0.851. The van der Waals surface area contributed by atoms with Crippen molar-refractivity contribution in [1.82, 2.24) is 14.9 Å². The van der Waals surface area contributed by atoms with E-state index in [0.29, 0.717) is 28.4 Å². The normalized spacial score (nSPS) is 13.9. The fourth-order valence-electron chi connectivity index (χ4n) is 3.87. The number of halogens is 3. The first-order valence-electron chi connectivity index (χ1n) is 11.9. The van der Waals surface area contributed by atoms with Crippen molar-refractivity contribution in [2.24, 2.45) is 10.2 Å². The molecule has 0 atom stereocenters. The van der Waals surface area contributed by atoms with Crippen molar-refractivity contribution >= 4 is 35.1 Å². The maximum atomic E-state index is 13.7. The molecule has 1 N–H and O–H groups in total. The molecule has 38 heavy (non-hydrogen) atoms. The highest BCUT2D eigenvalue weighted by atomic mass is 19.4. The lowest BCUT2D eigenvalue weighted by Gasteiger charge is -2.12. The predicted octanol–water partition coefficient (Wildman–Crippen LogP) is 6.02. The monoisotopic (exact) mass is 516 g/mol. The number of alkyl halides is 3. The van der Waals surface area contributed by atoms with E-state index in [1.54, 1.807) is 36.7 Å². The molecule has 0 spiro atoms. The summed E-state index contributed by atoms with van der Waals surface area (Å²) in [4.78, 5) is 22.9. The molecule has 0 aliphatic heterocycles. The van der Waals surface area contributed by atoms with Crippen LogP contribution >= 0.6 is 0 Å². The van der Waals surface area contributed by atoms with E-state index in [-0.39, 0.29) is 11.3 Å². The quantitative estimate of drug-likeness (QED) is 0.185. The molecule has 0 saturated heterocycles. The number of rotatable bonds is 7. The van der Waals surface area contributed by atoms with E-state index < -0.39 is 17.8 Å². The van der Waals surface area contributed by atoms with Gasteiger partial charge in [-0.25, -0.2) is 4.98 Å². The number of para-hydroxylation sites is 1. The maximum absolute atomic E-state index is 13.7. The average molecular weight is 517 g/mol. The molecule has 7 nitrogen and oxygen atoms in total. The van der Waals surface area contributed by atoms with Gasteiger partial charge in [-0.2, -0.15) is 18.3 Å². The Hall–Kier alpha value is -4.60. The van der Waals surface area contributed by atoms with Crippen LogP contribution in [0.5, 0.6) is 0 Å². The summed E-state index contributed by atoms with van der Waals surface area (Å²) >= 11 is 0. The standard InChI is InChI=1S/C28H23F3N6O/c1-37(23-9-10-23)17-34-33-15-18-5-4-7-22(11-18)35-27(38)25-13-20(14-26(36-25)28(29,30)31)21-12-19-6-2-3-8-24(19)32-16-21/h2-8,11-17,23H,9-10H2,1H3,(H,35,38)/b33-15+,34-17-. The third-order valence-electron chi connectivity index (χ3n) is 6.05. The van der Waals surface area contributed by atoms with Crippen LogP contribution in [0.15, 0.2) is 83.1 Å². The Morgan fingerprint density at radius 3 is 2.63 bits per heavy atom. The molecular formula is C28H23F3N6O. The summed E-state index contributed by atoms with van der Waals surface area (Å²) in [5.74, 6) is -0.774. The van der Waals surface area contributed by atoms with Crippen LogP contribution < -0.4 is 5.32 Å². The second-order valence-corrected chi connectivity index (χ2v) is 8.99. The Balaban J connectivity index is 1.38. The van der Waals surface area contributed by atoms with Crippen LogP contribution in [-0.4, -0.2) is 46.4 Å². The van der Waals surface area contributed by atoms with Gasteiger partial charge in [-0.05, 0) is 60.4 Å². The zero-order chi connectivity index (χ0) is 26.7. The highest BCUT2D eigenvalue weighted by Gasteiger charge is 2.34. The first kappa shape index (κ1) is 25.1. The fraction of sp³-hybridized carbons (Fsp3) is 0.179. The molecule has 1 aliphatic rings. The van der Waals surface area contributed by atoms with Gasteiger partial charge >= 0.3 is 6.18 Å². The number of pyridine rings is 2. The number of hydrogen-bond acceptors (Lipinski definition) is 5. The highest BCUT2D eigenvalue weighted by molar-refractivity contribution is 6.04. The minimum atomic E-state index is -4.74. The number of benzene rings is 2. The predicted molar refractivity (Wildman–Crippen MR) is 141 cm³/mol. The molecule has 2 aromatic carbocycles. The Morgan fingerprint density at radius 1 is 1.03 bits per heavy atom. The van der Waals surface area contributed by atoms with Crippen molar-refractivity contribution in [3.63, 3.8) is 0 Å². The van der Waals surface area contributed by atoms with Crippen molar-refractivity contribution in [2.45, 2.75) is 25.1 Å². The summed E-state index contributed by atoms with van der Waals surface area (Å²) < 4.78 is 41.0. The summed E-state index contributed by atoms with van der Waals surface area (Å²) in [6.45, 7) is 0. The van der Waals surface area contributed by atoms with Gasteiger partial charge in [0.1, 0.15) is 17.7 Å². The first-order valence-corrected chi connectivity index (χ1v) is 11.9. The number of aromatic nitrogens is 2. The lowest BCUT2D eigenvalue weighted by atomic mass is 10.0. The Kier molecular flexibility index (Phi) is 6.87. The molecule has 1 fully saturated rings. The number of nitrogens with one attached hydrogen (secondary N) is 1. The zero-order valence-electron chi connectivity index (χ0n) is 20.4. The molecule has 0 radical (unpaired) electrons. The molecule has 1 amide bonds. The van der Waals surface area contributed by atoms with Crippen molar-refractivity contribution in [2.75, 3.05) is 12.4 Å². The number of fused-ring (bicyclic) bond motifs is 1. The second kappa shape index (κ2) is 10.4. The molecule has 192 valence electrons. The van der Waals surface area contributed by atoms with Crippen LogP contribution in [0.2, 0.25) is 0 Å². The number of carbonyl (C=O) groups is 1. The van der Waals surface area contributed by atoms with E-state index in [1.807, 2.05) is 36.2 Å². The molecule has 0 bridgehead atoms. The SMILES string of the molecule is CN(/C=N\N=C\c1cccc(NC(=O)c2cc(-c3cnc4ccccc4c3)cc(C(F)(F)F)n2)c1)C1CC1. The largest absolute Gasteiger partial charge is 0.433 e. The summed E-state index contributed by atoms with van der Waals surface area (Å²) in [6.07, 6.45) is 2.22. The van der Waals surface area contributed by atoms with Crippen LogP contribution in [-0.2, 0) is 6.18 Å². The molecule has 10 heteroatoms. The number of anilines is 1. The number of hydrogen-bond donors (Lipinski definition) is 1. The second-order valence-electron chi connectivity index (χ2n) is 8.99. The van der Waals surface area contributed by atoms with Gasteiger partial charge in [0.05, 0.1) is 11.7 Å². The molecule has 4 aromatic rings. The van der Waals surface area contributed by atoms with Gasteiger partial charge in [-0.15, -0.1) is 5.10 Å². The van der Waals surface area contributed by atoms with Crippen LogP contribution in [0.3, 0.4) is 0 Å². The molecule has 1 saturated carbocycles. The van der Waals surface area contributed by atoms with E-state index in [0.717, 1.165) is 24.3 Å². The molecule has 2 aromatic heterocycles. The van der Waals surface area contributed by atoms with Crippen molar-refractivity contribution in [3.05, 3.63) is 89.9 Å². The van der Waals surface area contributed by atoms with Crippen LogP contribution in [0, 0.1) is 0 Å². The number of nitrogens with zero attached hydrogens (tertiary/aromatic N) is 5. The molecule has 0 unspecified atom stereocenters. The van der Waals surface area contributed by atoms with E-state index in [4.69, 9.17) is 0 Å². The van der Waals surface area contributed by atoms with Gasteiger partial charge in [0.25, 0.3) is 5.91 Å². The average Bonchev–Trinajstić information content (AvgIpc) is 3.76. The van der Waals surface area contributed by atoms with Crippen molar-refractivity contribution < 1.29 is 18.0 Å². The van der Waals surface area contributed by atoms with Crippen molar-refractivity contribution in [3.8, 4) is 11.1 Å². The van der Waals surface area contributed by atoms with E-state index >= 15 is 0 Å². The Labute approximate surface area is 216 Å². The Morgan fingerprint density at radius 2 is 1.84 bits per heavy atom. The van der Waals surface area contributed by atoms with Gasteiger partial charge in [0, 0.05) is 35.9 Å². The zero-order valence-corrected chi connectivity index (χ0v) is 20.4. The van der Waals surface area contributed by atoms with Crippen LogP contribution in [0.4, 0.5) is 18.9 Å². The van der Waals surface area contributed by atoms with Gasteiger partial charge in [-0.3, -0.25) is 9.78 Å². The fourth-order valence-corrected chi connectivity index (χ4v) is 3.87. The number of carbonyl (C=O) groups excluding carboxylic acids is 1. The Bertz CT molecular complexity index is 1550. The highest BCUT2D eigenvalue weighted by Crippen LogP contribution is 2.32. The van der Waals surface area contributed by atoms with E-state index in [9.17, 15) is 18.0 Å². The van der Waals surface area contributed by atoms with Crippen LogP contribution in [0.1, 0.15) is 34.6 Å².